The molecule has 1 saturated heterocycles. The van der Waals surface area contributed by atoms with Gasteiger partial charge in [-0.15, -0.1) is 0 Å². The first-order chi connectivity index (χ1) is 9.49. The zero-order valence-corrected chi connectivity index (χ0v) is 12.5. The van der Waals surface area contributed by atoms with Crippen molar-refractivity contribution in [2.45, 2.75) is 12.8 Å². The molecule has 1 aromatic rings. The summed E-state index contributed by atoms with van der Waals surface area (Å²) < 4.78 is 0. The van der Waals surface area contributed by atoms with Crippen molar-refractivity contribution in [1.29, 1.82) is 0 Å². The first-order valence-corrected chi connectivity index (χ1v) is 7.30. The summed E-state index contributed by atoms with van der Waals surface area (Å²) in [6, 6.07) is 4.73. The Morgan fingerprint density at radius 3 is 2.40 bits per heavy atom. The highest BCUT2D eigenvalue weighted by Gasteiger charge is 2.48. The fourth-order valence-electron chi connectivity index (χ4n) is 2.71. The molecule has 6 heteroatoms. The molecule has 0 unspecified atom stereocenters. The van der Waals surface area contributed by atoms with Crippen LogP contribution in [0, 0.1) is 11.8 Å². The van der Waals surface area contributed by atoms with Crippen LogP contribution in [0.2, 0.25) is 10.0 Å². The number of hydrogen-bond donors (Lipinski definition) is 0. The number of fused-ring (bicyclic) bond motifs is 1. The van der Waals surface area contributed by atoms with E-state index in [1.165, 1.54) is 11.0 Å². The summed E-state index contributed by atoms with van der Waals surface area (Å²) in [4.78, 5) is 26.0. The molecule has 20 heavy (non-hydrogen) atoms. The van der Waals surface area contributed by atoms with Gasteiger partial charge in [-0.05, 0) is 31.0 Å². The van der Waals surface area contributed by atoms with Crippen LogP contribution in [0.15, 0.2) is 29.3 Å². The van der Waals surface area contributed by atoms with E-state index in [9.17, 15) is 9.59 Å². The summed E-state index contributed by atoms with van der Waals surface area (Å²) in [6.07, 6.45) is 2.74. The van der Waals surface area contributed by atoms with Gasteiger partial charge in [-0.2, -0.15) is 0 Å². The highest BCUT2D eigenvalue weighted by molar-refractivity contribution is 6.42. The number of hydrogen-bond acceptors (Lipinski definition) is 2. The molecule has 3 rings (SSSR count). The Balaban J connectivity index is 1.97. The second-order valence-corrected chi connectivity index (χ2v) is 6.21. The van der Waals surface area contributed by atoms with Gasteiger partial charge in [0.05, 0.1) is 27.6 Å². The maximum Gasteiger partial charge on any atom is 0.238 e. The predicted molar refractivity (Wildman–Crippen MR) is 79.1 cm³/mol. The van der Waals surface area contributed by atoms with E-state index in [2.05, 4.69) is 0 Å². The minimum Gasteiger partial charge on any atom is -0.274 e. The van der Waals surface area contributed by atoms with Gasteiger partial charge < -0.3 is 0 Å². The lowest BCUT2D eigenvalue weighted by atomic mass is 9.85. The molecule has 1 aliphatic carbocycles. The molecule has 1 fully saturated rings. The third-order valence-corrected chi connectivity index (χ3v) is 4.78. The van der Waals surface area contributed by atoms with Gasteiger partial charge in [-0.25, -0.2) is 4.90 Å². The molecule has 1 heterocycles. The Bertz CT molecular complexity index is 641. The lowest BCUT2D eigenvalue weighted by Crippen LogP contribution is -2.30. The molecule has 0 radical (unpaired) electrons. The topological polar surface area (TPSA) is 37.4 Å². The summed E-state index contributed by atoms with van der Waals surface area (Å²) in [7, 11) is 0. The van der Waals surface area contributed by atoms with E-state index in [0.717, 1.165) is 0 Å². The molecule has 3 nitrogen and oxygen atoms in total. The van der Waals surface area contributed by atoms with Gasteiger partial charge in [0.2, 0.25) is 11.8 Å². The van der Waals surface area contributed by atoms with Gasteiger partial charge in [0, 0.05) is 5.03 Å². The molecule has 1 aromatic carbocycles. The molecular weight excluding hydrogens is 321 g/mol. The molecular formula is C14H10Cl3NO2. The zero-order chi connectivity index (χ0) is 14.4. The van der Waals surface area contributed by atoms with Crippen LogP contribution in [-0.4, -0.2) is 11.8 Å². The van der Waals surface area contributed by atoms with Gasteiger partial charge in [-0.1, -0.05) is 40.9 Å². The number of anilines is 1. The minimum atomic E-state index is -0.366. The first kappa shape index (κ1) is 13.9. The van der Waals surface area contributed by atoms with Crippen molar-refractivity contribution in [3.05, 3.63) is 39.4 Å². The van der Waals surface area contributed by atoms with Crippen LogP contribution >= 0.6 is 34.8 Å². The lowest BCUT2D eigenvalue weighted by Gasteiger charge is -2.17. The van der Waals surface area contributed by atoms with Crippen molar-refractivity contribution >= 4 is 52.3 Å². The van der Waals surface area contributed by atoms with E-state index in [1.807, 2.05) is 6.08 Å². The van der Waals surface area contributed by atoms with Crippen molar-refractivity contribution < 1.29 is 9.59 Å². The van der Waals surface area contributed by atoms with E-state index in [-0.39, 0.29) is 23.7 Å². The smallest absolute Gasteiger partial charge is 0.238 e. The van der Waals surface area contributed by atoms with Gasteiger partial charge in [0.1, 0.15) is 0 Å². The Hall–Kier alpha value is -1.03. The number of carbonyl (C=O) groups is 2. The number of nitrogens with zero attached hydrogens (tertiary/aromatic N) is 1. The third kappa shape index (κ3) is 2.14. The third-order valence-electron chi connectivity index (χ3n) is 3.73. The average Bonchev–Trinajstić information content (AvgIpc) is 2.65. The van der Waals surface area contributed by atoms with Gasteiger partial charge in [0.25, 0.3) is 0 Å². The van der Waals surface area contributed by atoms with Crippen LogP contribution in [0.3, 0.4) is 0 Å². The molecule has 0 N–H and O–H groups in total. The number of allylic oxidation sites excluding steroid dienone is 2. The maximum absolute atomic E-state index is 12.4. The number of benzene rings is 1. The molecule has 0 spiro atoms. The molecule has 1 aliphatic heterocycles. The molecule has 0 aromatic heterocycles. The number of carbonyl (C=O) groups excluding carboxylic acids is 2. The van der Waals surface area contributed by atoms with E-state index in [1.54, 1.807) is 12.1 Å². The second kappa shape index (κ2) is 5.06. The van der Waals surface area contributed by atoms with Gasteiger partial charge in [-0.3, -0.25) is 9.59 Å². The average molecular weight is 331 g/mol. The van der Waals surface area contributed by atoms with Crippen molar-refractivity contribution in [1.82, 2.24) is 0 Å². The van der Waals surface area contributed by atoms with Crippen molar-refractivity contribution in [2.24, 2.45) is 11.8 Å². The van der Waals surface area contributed by atoms with Crippen LogP contribution in [0.25, 0.3) is 0 Å². The summed E-state index contributed by atoms with van der Waals surface area (Å²) in [6.45, 7) is 0. The van der Waals surface area contributed by atoms with E-state index in [0.29, 0.717) is 33.6 Å². The monoisotopic (exact) mass is 329 g/mol. The Labute approximate surface area is 131 Å². The molecule has 2 amide bonds. The molecule has 104 valence electrons. The number of halogens is 3. The van der Waals surface area contributed by atoms with Gasteiger partial charge in [0.15, 0.2) is 0 Å². The fourth-order valence-corrected chi connectivity index (χ4v) is 3.25. The molecule has 2 atom stereocenters. The fraction of sp³-hybridized carbons (Fsp3) is 0.286. The normalized spacial score (nSPS) is 25.8. The van der Waals surface area contributed by atoms with Crippen molar-refractivity contribution in [3.63, 3.8) is 0 Å². The molecule has 2 aliphatic rings. The maximum atomic E-state index is 12.4. The predicted octanol–water partition coefficient (Wildman–Crippen LogP) is 4.02. The zero-order valence-electron chi connectivity index (χ0n) is 10.3. The Morgan fingerprint density at radius 1 is 1.00 bits per heavy atom. The Morgan fingerprint density at radius 2 is 1.70 bits per heavy atom. The highest BCUT2D eigenvalue weighted by atomic mass is 35.5. The number of imide groups is 1. The summed E-state index contributed by atoms with van der Waals surface area (Å²) in [5.41, 5.74) is 0.458. The SMILES string of the molecule is O=C1[C@H]2CC=C(Cl)C[C@H]2C(=O)N1c1ccc(Cl)c(Cl)c1. The standard InChI is InChI=1S/C14H10Cl3NO2/c15-7-1-3-9-10(5-7)14(20)18(13(9)19)8-2-4-11(16)12(17)6-8/h1-2,4,6,9-10H,3,5H2/t9-,10+/m0/s1. The highest BCUT2D eigenvalue weighted by Crippen LogP contribution is 2.41. The quantitative estimate of drug-likeness (QED) is 0.729. The van der Waals surface area contributed by atoms with E-state index < -0.39 is 0 Å². The molecule has 0 saturated carbocycles. The number of rotatable bonds is 1. The van der Waals surface area contributed by atoms with Crippen molar-refractivity contribution in [2.75, 3.05) is 4.90 Å². The van der Waals surface area contributed by atoms with Crippen LogP contribution in [0.4, 0.5) is 5.69 Å². The molecule has 0 bridgehead atoms. The minimum absolute atomic E-state index is 0.196. The Kier molecular flexibility index (Phi) is 3.53. The van der Waals surface area contributed by atoms with Crippen LogP contribution in [-0.2, 0) is 9.59 Å². The van der Waals surface area contributed by atoms with Gasteiger partial charge >= 0.3 is 0 Å². The van der Waals surface area contributed by atoms with Crippen LogP contribution < -0.4 is 4.90 Å². The van der Waals surface area contributed by atoms with Crippen LogP contribution in [0.1, 0.15) is 12.8 Å². The van der Waals surface area contributed by atoms with Crippen LogP contribution in [0.5, 0.6) is 0 Å². The first-order valence-electron chi connectivity index (χ1n) is 6.16. The van der Waals surface area contributed by atoms with E-state index in [4.69, 9.17) is 34.8 Å². The second-order valence-electron chi connectivity index (χ2n) is 4.91. The summed E-state index contributed by atoms with van der Waals surface area (Å²) in [5, 5.41) is 1.34. The summed E-state index contributed by atoms with van der Waals surface area (Å²) >= 11 is 17.8. The lowest BCUT2D eigenvalue weighted by molar-refractivity contribution is -0.122. The summed E-state index contributed by atoms with van der Waals surface area (Å²) in [5.74, 6) is -1.10. The van der Waals surface area contributed by atoms with Crippen molar-refractivity contribution in [3.8, 4) is 0 Å². The van der Waals surface area contributed by atoms with E-state index >= 15 is 0 Å². The number of amides is 2. The largest absolute Gasteiger partial charge is 0.274 e.